The predicted octanol–water partition coefficient (Wildman–Crippen LogP) is 3.86. The summed E-state index contributed by atoms with van der Waals surface area (Å²) in [7, 11) is 1.61. The Labute approximate surface area is 129 Å². The third-order valence-electron chi connectivity index (χ3n) is 3.76. The standard InChI is InChI=1S/C17H19NO4/c1-20-14-9-8-12(18-17(19)15-7-4-10-21-15)11-16(14)22-13-5-2-3-6-13/h4,7-11,13H,2-3,5-6H2,1H3,(H,18,19). The van der Waals surface area contributed by atoms with Crippen LogP contribution in [0.5, 0.6) is 11.5 Å². The molecule has 1 aliphatic carbocycles. The van der Waals surface area contributed by atoms with Crippen LogP contribution in [0.1, 0.15) is 36.2 Å². The van der Waals surface area contributed by atoms with E-state index in [0.29, 0.717) is 17.2 Å². The molecule has 2 aromatic rings. The van der Waals surface area contributed by atoms with E-state index in [0.717, 1.165) is 12.8 Å². The van der Waals surface area contributed by atoms with Crippen molar-refractivity contribution in [2.24, 2.45) is 0 Å². The fourth-order valence-corrected chi connectivity index (χ4v) is 2.63. The first kappa shape index (κ1) is 14.5. The Morgan fingerprint density at radius 1 is 1.23 bits per heavy atom. The van der Waals surface area contributed by atoms with Gasteiger partial charge < -0.3 is 19.2 Å². The van der Waals surface area contributed by atoms with Crippen LogP contribution in [0.25, 0.3) is 0 Å². The van der Waals surface area contributed by atoms with E-state index in [1.807, 2.05) is 0 Å². The first-order valence-electron chi connectivity index (χ1n) is 7.46. The maximum Gasteiger partial charge on any atom is 0.291 e. The summed E-state index contributed by atoms with van der Waals surface area (Å²) in [5.74, 6) is 1.31. The van der Waals surface area contributed by atoms with Crippen LogP contribution in [0.15, 0.2) is 41.0 Å². The molecule has 0 bridgehead atoms. The van der Waals surface area contributed by atoms with Gasteiger partial charge in [0.25, 0.3) is 5.91 Å². The van der Waals surface area contributed by atoms with Gasteiger partial charge in [-0.15, -0.1) is 0 Å². The third kappa shape index (κ3) is 3.24. The highest BCUT2D eigenvalue weighted by atomic mass is 16.5. The number of carbonyl (C=O) groups excluding carboxylic acids is 1. The van der Waals surface area contributed by atoms with Crippen LogP contribution < -0.4 is 14.8 Å². The van der Waals surface area contributed by atoms with E-state index in [2.05, 4.69) is 5.32 Å². The highest BCUT2D eigenvalue weighted by molar-refractivity contribution is 6.02. The van der Waals surface area contributed by atoms with Gasteiger partial charge in [0.15, 0.2) is 17.3 Å². The van der Waals surface area contributed by atoms with Crippen molar-refractivity contribution < 1.29 is 18.7 Å². The molecule has 1 aromatic carbocycles. The van der Waals surface area contributed by atoms with Gasteiger partial charge in [-0.05, 0) is 49.9 Å². The van der Waals surface area contributed by atoms with Gasteiger partial charge in [-0.1, -0.05) is 0 Å². The van der Waals surface area contributed by atoms with Crippen molar-refractivity contribution in [1.82, 2.24) is 0 Å². The van der Waals surface area contributed by atoms with E-state index in [1.165, 1.54) is 19.1 Å². The lowest BCUT2D eigenvalue weighted by molar-refractivity contribution is 0.0996. The minimum absolute atomic E-state index is 0.227. The van der Waals surface area contributed by atoms with Crippen molar-refractivity contribution in [3.05, 3.63) is 42.4 Å². The van der Waals surface area contributed by atoms with Crippen molar-refractivity contribution in [1.29, 1.82) is 0 Å². The maximum atomic E-state index is 12.0. The minimum Gasteiger partial charge on any atom is -0.493 e. The van der Waals surface area contributed by atoms with Gasteiger partial charge in [-0.3, -0.25) is 4.79 Å². The zero-order valence-corrected chi connectivity index (χ0v) is 12.5. The number of benzene rings is 1. The Morgan fingerprint density at radius 3 is 2.73 bits per heavy atom. The fraction of sp³-hybridized carbons (Fsp3) is 0.353. The normalized spacial score (nSPS) is 14.8. The van der Waals surface area contributed by atoms with E-state index in [1.54, 1.807) is 37.4 Å². The fourth-order valence-electron chi connectivity index (χ4n) is 2.63. The van der Waals surface area contributed by atoms with Crippen LogP contribution in [0.3, 0.4) is 0 Å². The molecule has 22 heavy (non-hydrogen) atoms. The minimum atomic E-state index is -0.290. The van der Waals surface area contributed by atoms with E-state index < -0.39 is 0 Å². The Kier molecular flexibility index (Phi) is 4.32. The van der Waals surface area contributed by atoms with Crippen LogP contribution in [0.2, 0.25) is 0 Å². The lowest BCUT2D eigenvalue weighted by atomic mass is 10.2. The first-order chi connectivity index (χ1) is 10.8. The molecule has 116 valence electrons. The number of rotatable bonds is 5. The molecule has 1 fully saturated rings. The highest BCUT2D eigenvalue weighted by Crippen LogP contribution is 2.34. The summed E-state index contributed by atoms with van der Waals surface area (Å²) >= 11 is 0. The second-order valence-electron chi connectivity index (χ2n) is 5.32. The van der Waals surface area contributed by atoms with Crippen molar-refractivity contribution in [2.75, 3.05) is 12.4 Å². The lowest BCUT2D eigenvalue weighted by Crippen LogP contribution is -2.13. The summed E-state index contributed by atoms with van der Waals surface area (Å²) in [6.45, 7) is 0. The summed E-state index contributed by atoms with van der Waals surface area (Å²) in [5.41, 5.74) is 0.648. The zero-order chi connectivity index (χ0) is 15.4. The predicted molar refractivity (Wildman–Crippen MR) is 82.5 cm³/mol. The molecule has 1 amide bonds. The van der Waals surface area contributed by atoms with Gasteiger partial charge in [0.2, 0.25) is 0 Å². The molecule has 0 saturated heterocycles. The van der Waals surface area contributed by atoms with Gasteiger partial charge in [-0.25, -0.2) is 0 Å². The van der Waals surface area contributed by atoms with Gasteiger partial charge in [0, 0.05) is 11.8 Å². The maximum absolute atomic E-state index is 12.0. The Morgan fingerprint density at radius 2 is 2.05 bits per heavy atom. The lowest BCUT2D eigenvalue weighted by Gasteiger charge is -2.17. The van der Waals surface area contributed by atoms with Crippen molar-refractivity contribution in [3.8, 4) is 11.5 Å². The number of hydrogen-bond donors (Lipinski definition) is 1. The number of ether oxygens (including phenoxy) is 2. The molecular weight excluding hydrogens is 282 g/mol. The quantitative estimate of drug-likeness (QED) is 0.911. The summed E-state index contributed by atoms with van der Waals surface area (Å²) < 4.78 is 16.4. The van der Waals surface area contributed by atoms with Crippen LogP contribution in [0, 0.1) is 0 Å². The Balaban J connectivity index is 1.75. The number of hydrogen-bond acceptors (Lipinski definition) is 4. The molecule has 0 unspecified atom stereocenters. The van der Waals surface area contributed by atoms with Gasteiger partial charge in [-0.2, -0.15) is 0 Å². The molecule has 5 nitrogen and oxygen atoms in total. The average molecular weight is 301 g/mol. The number of carbonyl (C=O) groups is 1. The molecule has 1 aromatic heterocycles. The van der Waals surface area contributed by atoms with Crippen LogP contribution >= 0.6 is 0 Å². The number of anilines is 1. The van der Waals surface area contributed by atoms with Crippen molar-refractivity contribution in [3.63, 3.8) is 0 Å². The molecule has 3 rings (SSSR count). The zero-order valence-electron chi connectivity index (χ0n) is 12.5. The second-order valence-corrected chi connectivity index (χ2v) is 5.32. The second kappa shape index (κ2) is 6.56. The Bertz CT molecular complexity index is 630. The summed E-state index contributed by atoms with van der Waals surface area (Å²) in [6.07, 6.45) is 6.21. The number of furan rings is 1. The summed E-state index contributed by atoms with van der Waals surface area (Å²) in [6, 6.07) is 8.66. The van der Waals surface area contributed by atoms with E-state index >= 15 is 0 Å². The highest BCUT2D eigenvalue weighted by Gasteiger charge is 2.19. The van der Waals surface area contributed by atoms with E-state index in [4.69, 9.17) is 13.9 Å². The molecule has 1 aliphatic rings. The van der Waals surface area contributed by atoms with Crippen LogP contribution in [-0.4, -0.2) is 19.1 Å². The molecule has 1 heterocycles. The monoisotopic (exact) mass is 301 g/mol. The van der Waals surface area contributed by atoms with Crippen molar-refractivity contribution in [2.45, 2.75) is 31.8 Å². The van der Waals surface area contributed by atoms with Gasteiger partial charge in [0.1, 0.15) is 0 Å². The largest absolute Gasteiger partial charge is 0.493 e. The van der Waals surface area contributed by atoms with Crippen molar-refractivity contribution >= 4 is 11.6 Å². The SMILES string of the molecule is COc1ccc(NC(=O)c2ccco2)cc1OC1CCCC1. The van der Waals surface area contributed by atoms with Gasteiger partial charge >= 0.3 is 0 Å². The summed E-state index contributed by atoms with van der Waals surface area (Å²) in [5, 5.41) is 2.79. The third-order valence-corrected chi connectivity index (χ3v) is 3.76. The number of methoxy groups -OCH3 is 1. The molecular formula is C17H19NO4. The number of amides is 1. The summed E-state index contributed by atoms with van der Waals surface area (Å²) in [4.78, 5) is 12.0. The van der Waals surface area contributed by atoms with E-state index in [-0.39, 0.29) is 17.8 Å². The Hall–Kier alpha value is -2.43. The molecule has 1 saturated carbocycles. The van der Waals surface area contributed by atoms with Crippen LogP contribution in [0.4, 0.5) is 5.69 Å². The molecule has 0 atom stereocenters. The molecule has 0 spiro atoms. The topological polar surface area (TPSA) is 60.7 Å². The first-order valence-corrected chi connectivity index (χ1v) is 7.46. The smallest absolute Gasteiger partial charge is 0.291 e. The van der Waals surface area contributed by atoms with Gasteiger partial charge in [0.05, 0.1) is 19.5 Å². The average Bonchev–Trinajstić information content (AvgIpc) is 3.21. The van der Waals surface area contributed by atoms with Crippen LogP contribution in [-0.2, 0) is 0 Å². The molecule has 5 heteroatoms. The van der Waals surface area contributed by atoms with E-state index in [9.17, 15) is 4.79 Å². The molecule has 0 aliphatic heterocycles. The number of nitrogens with one attached hydrogen (secondary N) is 1. The molecule has 0 radical (unpaired) electrons. The molecule has 1 N–H and O–H groups in total.